The van der Waals surface area contributed by atoms with Crippen LogP contribution in [-0.2, 0) is 4.79 Å². The first kappa shape index (κ1) is 20.7. The van der Waals surface area contributed by atoms with E-state index in [4.69, 9.17) is 4.74 Å². The van der Waals surface area contributed by atoms with Gasteiger partial charge in [-0.2, -0.15) is 0 Å². The van der Waals surface area contributed by atoms with Crippen molar-refractivity contribution in [1.29, 1.82) is 0 Å². The maximum absolute atomic E-state index is 12.5. The first-order valence-corrected chi connectivity index (χ1v) is 11.8. The third-order valence-electron chi connectivity index (χ3n) is 4.93. The minimum Gasteiger partial charge on any atom is -0.457 e. The van der Waals surface area contributed by atoms with Crippen LogP contribution in [0.4, 0.5) is 10.8 Å². The second kappa shape index (κ2) is 9.95. The molecule has 156 valence electrons. The van der Waals surface area contributed by atoms with Crippen molar-refractivity contribution >= 4 is 39.8 Å². The normalized spacial score (nSPS) is 16.3. The van der Waals surface area contributed by atoms with E-state index < -0.39 is 0 Å². The van der Waals surface area contributed by atoms with E-state index in [1.807, 2.05) is 59.5 Å². The molecule has 1 aliphatic rings. The summed E-state index contributed by atoms with van der Waals surface area (Å²) in [5.74, 6) is 2.17. The van der Waals surface area contributed by atoms with Gasteiger partial charge >= 0.3 is 0 Å². The van der Waals surface area contributed by atoms with Crippen LogP contribution in [0.5, 0.6) is 11.5 Å². The fourth-order valence-electron chi connectivity index (χ4n) is 3.35. The molecule has 0 bridgehead atoms. The number of nitrogens with zero attached hydrogens (tertiary/aromatic N) is 3. The van der Waals surface area contributed by atoms with Crippen molar-refractivity contribution in [3.05, 3.63) is 54.6 Å². The number of amides is 1. The van der Waals surface area contributed by atoms with Gasteiger partial charge in [0.1, 0.15) is 11.5 Å². The van der Waals surface area contributed by atoms with E-state index in [1.165, 1.54) is 29.5 Å². The van der Waals surface area contributed by atoms with Gasteiger partial charge in [0.15, 0.2) is 4.34 Å². The van der Waals surface area contributed by atoms with Crippen LogP contribution < -0.4 is 10.1 Å². The number of anilines is 2. The second-order valence-corrected chi connectivity index (χ2v) is 9.36. The molecule has 2 aromatic carbocycles. The van der Waals surface area contributed by atoms with E-state index in [0.29, 0.717) is 16.9 Å². The molecule has 8 heteroatoms. The molecule has 2 heterocycles. The number of nitrogens with one attached hydrogen (secondary N) is 1. The van der Waals surface area contributed by atoms with Gasteiger partial charge in [-0.15, -0.1) is 10.2 Å². The standard InChI is InChI=1S/C22H24N4O2S2/c1-16-7-5-6-14-26(16)20(27)15-29-22-25-24-21(30-22)23-17-10-12-19(13-11-17)28-18-8-3-2-4-9-18/h2-4,8-13,16H,5-7,14-15H2,1H3,(H,23,24)/t16-/m1/s1. The predicted octanol–water partition coefficient (Wildman–Crippen LogP) is 5.57. The van der Waals surface area contributed by atoms with Gasteiger partial charge in [0.2, 0.25) is 11.0 Å². The Balaban J connectivity index is 1.28. The summed E-state index contributed by atoms with van der Waals surface area (Å²) in [5.41, 5.74) is 0.904. The van der Waals surface area contributed by atoms with Crippen molar-refractivity contribution in [1.82, 2.24) is 15.1 Å². The van der Waals surface area contributed by atoms with E-state index in [1.54, 1.807) is 0 Å². The highest BCUT2D eigenvalue weighted by atomic mass is 32.2. The smallest absolute Gasteiger partial charge is 0.233 e. The minimum absolute atomic E-state index is 0.186. The molecular weight excluding hydrogens is 416 g/mol. The topological polar surface area (TPSA) is 67.4 Å². The SMILES string of the molecule is C[C@@H]1CCCCN1C(=O)CSc1nnc(Nc2ccc(Oc3ccccc3)cc2)s1. The van der Waals surface area contributed by atoms with Crippen molar-refractivity contribution in [2.45, 2.75) is 36.6 Å². The monoisotopic (exact) mass is 440 g/mol. The minimum atomic E-state index is 0.186. The maximum Gasteiger partial charge on any atom is 0.233 e. The first-order chi connectivity index (χ1) is 14.7. The van der Waals surface area contributed by atoms with Crippen LogP contribution in [0, 0.1) is 0 Å². The summed E-state index contributed by atoms with van der Waals surface area (Å²) in [4.78, 5) is 14.5. The van der Waals surface area contributed by atoms with Crippen molar-refractivity contribution in [3.63, 3.8) is 0 Å². The number of carbonyl (C=O) groups is 1. The lowest BCUT2D eigenvalue weighted by Crippen LogP contribution is -2.42. The number of ether oxygens (including phenoxy) is 1. The molecule has 3 aromatic rings. The molecule has 1 fully saturated rings. The molecule has 1 N–H and O–H groups in total. The molecule has 0 spiro atoms. The van der Waals surface area contributed by atoms with Gasteiger partial charge in [-0.25, -0.2) is 0 Å². The molecule has 4 rings (SSSR count). The molecule has 1 aromatic heterocycles. The van der Waals surface area contributed by atoms with Crippen molar-refractivity contribution in [2.24, 2.45) is 0 Å². The molecule has 1 atom stereocenters. The third-order valence-corrected chi connectivity index (χ3v) is 6.89. The van der Waals surface area contributed by atoms with Gasteiger partial charge in [-0.1, -0.05) is 41.3 Å². The average Bonchev–Trinajstić information content (AvgIpc) is 3.22. The number of para-hydroxylation sites is 1. The molecule has 0 saturated carbocycles. The third kappa shape index (κ3) is 5.52. The highest BCUT2D eigenvalue weighted by Gasteiger charge is 2.23. The Labute approximate surface area is 184 Å². The predicted molar refractivity (Wildman–Crippen MR) is 122 cm³/mol. The van der Waals surface area contributed by atoms with Crippen molar-refractivity contribution in [3.8, 4) is 11.5 Å². The van der Waals surface area contributed by atoms with Crippen LogP contribution in [0.25, 0.3) is 0 Å². The molecule has 1 amide bonds. The van der Waals surface area contributed by atoms with Crippen LogP contribution in [-0.4, -0.2) is 39.3 Å². The quantitative estimate of drug-likeness (QED) is 0.485. The Hall–Kier alpha value is -2.58. The number of hydrogen-bond acceptors (Lipinski definition) is 7. The highest BCUT2D eigenvalue weighted by Crippen LogP contribution is 2.29. The molecule has 1 saturated heterocycles. The van der Waals surface area contributed by atoms with Crippen LogP contribution in [0.3, 0.4) is 0 Å². The lowest BCUT2D eigenvalue weighted by atomic mass is 10.0. The lowest BCUT2D eigenvalue weighted by molar-refractivity contribution is -0.131. The number of piperidine rings is 1. The van der Waals surface area contributed by atoms with Gasteiger partial charge in [0.05, 0.1) is 5.75 Å². The molecular formula is C22H24N4O2S2. The average molecular weight is 441 g/mol. The second-order valence-electron chi connectivity index (χ2n) is 7.16. The Morgan fingerprint density at radius 3 is 2.67 bits per heavy atom. The van der Waals surface area contributed by atoms with Crippen LogP contribution in [0.1, 0.15) is 26.2 Å². The summed E-state index contributed by atoms with van der Waals surface area (Å²) >= 11 is 2.90. The van der Waals surface area contributed by atoms with Gasteiger partial charge < -0.3 is 15.0 Å². The molecule has 6 nitrogen and oxygen atoms in total. The molecule has 0 unspecified atom stereocenters. The zero-order valence-corrected chi connectivity index (χ0v) is 18.4. The fourth-order valence-corrected chi connectivity index (χ4v) is 5.01. The summed E-state index contributed by atoms with van der Waals surface area (Å²) < 4.78 is 6.60. The lowest BCUT2D eigenvalue weighted by Gasteiger charge is -2.33. The van der Waals surface area contributed by atoms with E-state index in [0.717, 1.165) is 40.9 Å². The van der Waals surface area contributed by atoms with Crippen LogP contribution >= 0.6 is 23.1 Å². The van der Waals surface area contributed by atoms with E-state index in [9.17, 15) is 4.79 Å². The fraction of sp³-hybridized carbons (Fsp3) is 0.318. The summed E-state index contributed by atoms with van der Waals surface area (Å²) in [6.45, 7) is 3.00. The summed E-state index contributed by atoms with van der Waals surface area (Å²) in [5, 5.41) is 12.3. The molecule has 0 radical (unpaired) electrons. The number of hydrogen-bond donors (Lipinski definition) is 1. The number of rotatable bonds is 7. The number of carbonyl (C=O) groups excluding carboxylic acids is 1. The number of benzene rings is 2. The Morgan fingerprint density at radius 1 is 1.13 bits per heavy atom. The summed E-state index contributed by atoms with van der Waals surface area (Å²) in [7, 11) is 0. The Morgan fingerprint density at radius 2 is 1.90 bits per heavy atom. The highest BCUT2D eigenvalue weighted by molar-refractivity contribution is 8.01. The van der Waals surface area contributed by atoms with Gasteiger partial charge in [0.25, 0.3) is 0 Å². The largest absolute Gasteiger partial charge is 0.457 e. The zero-order valence-electron chi connectivity index (χ0n) is 16.8. The number of thioether (sulfide) groups is 1. The van der Waals surface area contributed by atoms with E-state index in [2.05, 4.69) is 22.4 Å². The Bertz CT molecular complexity index is 963. The molecule has 30 heavy (non-hydrogen) atoms. The summed E-state index contributed by atoms with van der Waals surface area (Å²) in [6, 6.07) is 17.7. The van der Waals surface area contributed by atoms with E-state index >= 15 is 0 Å². The molecule has 0 aliphatic carbocycles. The Kier molecular flexibility index (Phi) is 6.86. The molecule has 1 aliphatic heterocycles. The number of likely N-dealkylation sites (tertiary alicyclic amines) is 1. The van der Waals surface area contributed by atoms with Crippen LogP contribution in [0.15, 0.2) is 58.9 Å². The van der Waals surface area contributed by atoms with Crippen LogP contribution in [0.2, 0.25) is 0 Å². The zero-order chi connectivity index (χ0) is 20.8. The number of aromatic nitrogens is 2. The van der Waals surface area contributed by atoms with E-state index in [-0.39, 0.29) is 5.91 Å². The van der Waals surface area contributed by atoms with Crippen molar-refractivity contribution < 1.29 is 9.53 Å². The first-order valence-electron chi connectivity index (χ1n) is 10.0. The van der Waals surface area contributed by atoms with Gasteiger partial charge in [-0.05, 0) is 62.6 Å². The maximum atomic E-state index is 12.5. The van der Waals surface area contributed by atoms with Crippen molar-refractivity contribution in [2.75, 3.05) is 17.6 Å². The van der Waals surface area contributed by atoms with Gasteiger partial charge in [-0.3, -0.25) is 4.79 Å². The van der Waals surface area contributed by atoms with Gasteiger partial charge in [0, 0.05) is 18.3 Å². The summed E-state index contributed by atoms with van der Waals surface area (Å²) in [6.07, 6.45) is 3.41.